The maximum Gasteiger partial charge on any atom is 0.191 e. The molecule has 0 fully saturated rings. The second kappa shape index (κ2) is 12.0. The van der Waals surface area contributed by atoms with Crippen LogP contribution in [0.25, 0.3) is 0 Å². The van der Waals surface area contributed by atoms with Crippen LogP contribution in [-0.2, 0) is 4.74 Å². The van der Waals surface area contributed by atoms with Gasteiger partial charge in [-0.25, -0.2) is 0 Å². The average molecular weight is 293 g/mol. The first-order valence-corrected chi connectivity index (χ1v) is 7.48. The number of methoxy groups -OCH3 is 1. The van der Waals surface area contributed by atoms with Gasteiger partial charge in [0.25, 0.3) is 0 Å². The number of hydrogen-bond acceptors (Lipinski definition) is 3. The molecule has 0 unspecified atom stereocenters. The lowest BCUT2D eigenvalue weighted by molar-refractivity contribution is 0.192. The number of benzene rings is 1. The molecule has 5 heteroatoms. The Kier molecular flexibility index (Phi) is 9.91. The minimum Gasteiger partial charge on any atom is -0.492 e. The van der Waals surface area contributed by atoms with Crippen molar-refractivity contribution in [2.75, 3.05) is 40.5 Å². The second-order valence-electron chi connectivity index (χ2n) is 4.64. The number of guanidine groups is 1. The first-order chi connectivity index (χ1) is 10.4. The van der Waals surface area contributed by atoms with Crippen LogP contribution in [0.5, 0.6) is 5.75 Å². The van der Waals surface area contributed by atoms with E-state index in [1.165, 1.54) is 0 Å². The van der Waals surface area contributed by atoms with Crippen molar-refractivity contribution in [3.63, 3.8) is 0 Å². The fraction of sp³-hybridized carbons (Fsp3) is 0.562. The van der Waals surface area contributed by atoms with Crippen LogP contribution in [0.15, 0.2) is 35.3 Å². The number of nitrogens with zero attached hydrogens (tertiary/aromatic N) is 1. The van der Waals surface area contributed by atoms with E-state index in [0.717, 1.165) is 50.7 Å². The van der Waals surface area contributed by atoms with E-state index in [2.05, 4.69) is 15.6 Å². The van der Waals surface area contributed by atoms with Crippen molar-refractivity contribution in [2.24, 2.45) is 4.99 Å². The minimum absolute atomic E-state index is 0.610. The molecule has 2 N–H and O–H groups in total. The fourth-order valence-corrected chi connectivity index (χ4v) is 1.83. The quantitative estimate of drug-likeness (QED) is 0.394. The van der Waals surface area contributed by atoms with E-state index < -0.39 is 0 Å². The molecular weight excluding hydrogens is 266 g/mol. The van der Waals surface area contributed by atoms with Gasteiger partial charge in [0.15, 0.2) is 5.96 Å². The van der Waals surface area contributed by atoms with Crippen molar-refractivity contribution in [3.8, 4) is 5.75 Å². The molecule has 0 heterocycles. The summed E-state index contributed by atoms with van der Waals surface area (Å²) in [5.41, 5.74) is 0. The zero-order valence-corrected chi connectivity index (χ0v) is 13.1. The number of ether oxygens (including phenoxy) is 2. The van der Waals surface area contributed by atoms with E-state index in [9.17, 15) is 0 Å². The molecule has 21 heavy (non-hydrogen) atoms. The lowest BCUT2D eigenvalue weighted by Gasteiger charge is -2.12. The zero-order valence-electron chi connectivity index (χ0n) is 13.1. The van der Waals surface area contributed by atoms with Crippen LogP contribution in [0.1, 0.15) is 19.3 Å². The van der Waals surface area contributed by atoms with Gasteiger partial charge in [-0.2, -0.15) is 0 Å². The van der Waals surface area contributed by atoms with Crippen LogP contribution in [0, 0.1) is 0 Å². The Morgan fingerprint density at radius 3 is 2.48 bits per heavy atom. The third kappa shape index (κ3) is 8.92. The van der Waals surface area contributed by atoms with E-state index in [-0.39, 0.29) is 0 Å². The van der Waals surface area contributed by atoms with Gasteiger partial charge in [0, 0.05) is 27.3 Å². The summed E-state index contributed by atoms with van der Waals surface area (Å²) in [4.78, 5) is 4.18. The van der Waals surface area contributed by atoms with E-state index >= 15 is 0 Å². The molecular formula is C16H27N3O2. The predicted molar refractivity (Wildman–Crippen MR) is 87.0 cm³/mol. The van der Waals surface area contributed by atoms with E-state index in [1.807, 2.05) is 30.3 Å². The van der Waals surface area contributed by atoms with Gasteiger partial charge in [0.2, 0.25) is 0 Å². The lowest BCUT2D eigenvalue weighted by Crippen LogP contribution is -2.39. The number of unbranched alkanes of at least 4 members (excludes halogenated alkanes) is 2. The smallest absolute Gasteiger partial charge is 0.191 e. The molecule has 0 amide bonds. The maximum absolute atomic E-state index is 5.61. The SMILES string of the molecule is CN=C(NCCCCCOC)NCCOc1ccccc1. The minimum atomic E-state index is 0.610. The summed E-state index contributed by atoms with van der Waals surface area (Å²) >= 11 is 0. The number of para-hydroxylation sites is 1. The highest BCUT2D eigenvalue weighted by Crippen LogP contribution is 2.07. The Hall–Kier alpha value is -1.75. The Labute approximate surface area is 127 Å². The predicted octanol–water partition coefficient (Wildman–Crippen LogP) is 2.05. The van der Waals surface area contributed by atoms with Crippen molar-refractivity contribution in [3.05, 3.63) is 30.3 Å². The molecule has 0 radical (unpaired) electrons. The first kappa shape index (κ1) is 17.3. The van der Waals surface area contributed by atoms with Crippen LogP contribution in [0.2, 0.25) is 0 Å². The fourth-order valence-electron chi connectivity index (χ4n) is 1.83. The summed E-state index contributed by atoms with van der Waals surface area (Å²) in [6.07, 6.45) is 3.38. The van der Waals surface area contributed by atoms with Crippen molar-refractivity contribution < 1.29 is 9.47 Å². The van der Waals surface area contributed by atoms with Gasteiger partial charge in [0.05, 0.1) is 6.54 Å². The Bertz CT molecular complexity index is 382. The maximum atomic E-state index is 5.61. The van der Waals surface area contributed by atoms with E-state index in [1.54, 1.807) is 14.2 Å². The summed E-state index contributed by atoms with van der Waals surface area (Å²) in [7, 11) is 3.51. The highest BCUT2D eigenvalue weighted by Gasteiger charge is 1.97. The van der Waals surface area contributed by atoms with E-state index in [0.29, 0.717) is 6.61 Å². The van der Waals surface area contributed by atoms with Crippen LogP contribution < -0.4 is 15.4 Å². The number of nitrogens with one attached hydrogen (secondary N) is 2. The summed E-state index contributed by atoms with van der Waals surface area (Å²) < 4.78 is 10.6. The molecule has 0 bridgehead atoms. The molecule has 1 rings (SSSR count). The van der Waals surface area contributed by atoms with Gasteiger partial charge in [-0.3, -0.25) is 4.99 Å². The summed E-state index contributed by atoms with van der Waals surface area (Å²) in [6, 6.07) is 9.81. The molecule has 0 atom stereocenters. The van der Waals surface area contributed by atoms with Crippen LogP contribution in [0.3, 0.4) is 0 Å². The third-order valence-electron chi connectivity index (χ3n) is 2.95. The third-order valence-corrected chi connectivity index (χ3v) is 2.95. The number of hydrogen-bond donors (Lipinski definition) is 2. The second-order valence-corrected chi connectivity index (χ2v) is 4.64. The Balaban J connectivity index is 2.03. The number of aliphatic imine (C=N–C) groups is 1. The Morgan fingerprint density at radius 1 is 1.00 bits per heavy atom. The van der Waals surface area contributed by atoms with Crippen molar-refractivity contribution in [1.82, 2.24) is 10.6 Å². The molecule has 0 saturated carbocycles. The molecule has 0 aliphatic rings. The summed E-state index contributed by atoms with van der Waals surface area (Å²) in [5, 5.41) is 6.52. The normalized spacial score (nSPS) is 11.2. The number of rotatable bonds is 10. The molecule has 118 valence electrons. The van der Waals surface area contributed by atoms with Gasteiger partial charge >= 0.3 is 0 Å². The average Bonchev–Trinajstić information content (AvgIpc) is 2.53. The summed E-state index contributed by atoms with van der Waals surface area (Å²) in [5.74, 6) is 1.71. The molecule has 0 aliphatic heterocycles. The molecule has 1 aromatic carbocycles. The standard InChI is InChI=1S/C16H27N3O2/c1-17-16(18-11-7-4-8-13-20-2)19-12-14-21-15-9-5-3-6-10-15/h3,5-6,9-10H,4,7-8,11-14H2,1-2H3,(H2,17,18,19). The topological polar surface area (TPSA) is 54.9 Å². The molecule has 5 nitrogen and oxygen atoms in total. The summed E-state index contributed by atoms with van der Waals surface area (Å²) in [6.45, 7) is 3.09. The van der Waals surface area contributed by atoms with Crippen LogP contribution in [0.4, 0.5) is 0 Å². The largest absolute Gasteiger partial charge is 0.492 e. The molecule has 0 aliphatic carbocycles. The Morgan fingerprint density at radius 2 is 1.76 bits per heavy atom. The van der Waals surface area contributed by atoms with Crippen molar-refractivity contribution in [1.29, 1.82) is 0 Å². The van der Waals surface area contributed by atoms with Gasteiger partial charge in [0.1, 0.15) is 12.4 Å². The lowest BCUT2D eigenvalue weighted by atomic mass is 10.2. The highest BCUT2D eigenvalue weighted by atomic mass is 16.5. The first-order valence-electron chi connectivity index (χ1n) is 7.48. The van der Waals surface area contributed by atoms with E-state index in [4.69, 9.17) is 9.47 Å². The molecule has 1 aromatic rings. The zero-order chi connectivity index (χ0) is 15.2. The van der Waals surface area contributed by atoms with Gasteiger partial charge < -0.3 is 20.1 Å². The van der Waals surface area contributed by atoms with Gasteiger partial charge in [-0.1, -0.05) is 18.2 Å². The van der Waals surface area contributed by atoms with Gasteiger partial charge in [-0.15, -0.1) is 0 Å². The molecule has 0 spiro atoms. The van der Waals surface area contributed by atoms with Crippen molar-refractivity contribution in [2.45, 2.75) is 19.3 Å². The van der Waals surface area contributed by atoms with Gasteiger partial charge in [-0.05, 0) is 31.4 Å². The molecule has 0 saturated heterocycles. The van der Waals surface area contributed by atoms with Crippen LogP contribution >= 0.6 is 0 Å². The highest BCUT2D eigenvalue weighted by molar-refractivity contribution is 5.79. The monoisotopic (exact) mass is 293 g/mol. The van der Waals surface area contributed by atoms with Crippen molar-refractivity contribution >= 4 is 5.96 Å². The van der Waals surface area contributed by atoms with Crippen LogP contribution in [-0.4, -0.2) is 46.4 Å². The molecule has 0 aromatic heterocycles.